The largest absolute Gasteiger partial charge is 0.497 e. The van der Waals surface area contributed by atoms with E-state index in [2.05, 4.69) is 16.0 Å². The highest BCUT2D eigenvalue weighted by Crippen LogP contribution is 2.33. The summed E-state index contributed by atoms with van der Waals surface area (Å²) in [7, 11) is 6.02. The van der Waals surface area contributed by atoms with E-state index in [4.69, 9.17) is 14.2 Å². The number of benzene rings is 3. The average molecular weight is 772 g/mol. The SMILES string of the molecule is COc1ccc(C[C@H]2C(=O)N[C@@H](C)C(=O)N(C)[C@H](C(C)=O)Cc3ccc(cc3)Oc3cc(ccc3OC)C[C@H](C)C(=O)N[C@H](C)C(=O)N[C@@H](C)C(=O)N2C)cc1. The second-order valence-corrected chi connectivity index (χ2v) is 14.3. The van der Waals surface area contributed by atoms with Gasteiger partial charge in [0.1, 0.15) is 35.7 Å². The Labute approximate surface area is 328 Å². The van der Waals surface area contributed by atoms with E-state index in [9.17, 15) is 28.8 Å². The Kier molecular flexibility index (Phi) is 14.6. The van der Waals surface area contributed by atoms with E-state index < -0.39 is 59.8 Å². The fourth-order valence-electron chi connectivity index (χ4n) is 6.47. The van der Waals surface area contributed by atoms with Crippen LogP contribution in [0.4, 0.5) is 0 Å². The number of amides is 5. The van der Waals surface area contributed by atoms with Crippen molar-refractivity contribution in [3.05, 3.63) is 83.4 Å². The molecule has 5 rings (SSSR count). The third-order valence-corrected chi connectivity index (χ3v) is 10.00. The molecule has 2 aliphatic heterocycles. The van der Waals surface area contributed by atoms with Crippen LogP contribution >= 0.6 is 0 Å². The third-order valence-electron chi connectivity index (χ3n) is 10.00. The summed E-state index contributed by atoms with van der Waals surface area (Å²) in [4.78, 5) is 83.5. The van der Waals surface area contributed by atoms with E-state index in [0.29, 0.717) is 35.0 Å². The zero-order chi connectivity index (χ0) is 41.3. The van der Waals surface area contributed by atoms with Gasteiger partial charge < -0.3 is 40.0 Å². The third kappa shape index (κ3) is 10.9. The average Bonchev–Trinajstić information content (AvgIpc) is 3.18. The molecular weight excluding hydrogens is 718 g/mol. The second kappa shape index (κ2) is 19.1. The number of nitrogens with one attached hydrogen (secondary N) is 3. The molecule has 56 heavy (non-hydrogen) atoms. The maximum Gasteiger partial charge on any atom is 0.245 e. The molecule has 2 heterocycles. The van der Waals surface area contributed by atoms with Crippen molar-refractivity contribution in [1.82, 2.24) is 25.8 Å². The Morgan fingerprint density at radius 1 is 0.696 bits per heavy atom. The number of nitrogens with zero attached hydrogens (tertiary/aromatic N) is 2. The van der Waals surface area contributed by atoms with Crippen molar-refractivity contribution in [2.45, 2.75) is 84.1 Å². The summed E-state index contributed by atoms with van der Waals surface area (Å²) < 4.78 is 17.0. The molecule has 3 aromatic rings. The molecule has 0 saturated carbocycles. The van der Waals surface area contributed by atoms with E-state index in [1.165, 1.54) is 65.8 Å². The van der Waals surface area contributed by atoms with Gasteiger partial charge in [0.2, 0.25) is 29.5 Å². The Bertz CT molecular complexity index is 1900. The maximum absolute atomic E-state index is 14.0. The number of rotatable bonds is 5. The van der Waals surface area contributed by atoms with Gasteiger partial charge in [-0.25, -0.2) is 0 Å². The van der Waals surface area contributed by atoms with E-state index in [1.807, 2.05) is 6.07 Å². The number of likely N-dealkylation sites (N-methyl/N-ethyl adjacent to an activating group) is 2. The van der Waals surface area contributed by atoms with Crippen molar-refractivity contribution in [1.29, 1.82) is 0 Å². The summed E-state index contributed by atoms with van der Waals surface area (Å²) in [5, 5.41) is 8.14. The number of carbonyl (C=O) groups excluding carboxylic acids is 6. The predicted octanol–water partition coefficient (Wildman–Crippen LogP) is 3.23. The van der Waals surface area contributed by atoms with Crippen LogP contribution in [0.25, 0.3) is 0 Å². The van der Waals surface area contributed by atoms with Crippen LogP contribution < -0.4 is 30.2 Å². The van der Waals surface area contributed by atoms with Crippen LogP contribution in [0.2, 0.25) is 0 Å². The molecule has 0 spiro atoms. The van der Waals surface area contributed by atoms with Crippen LogP contribution in [0.15, 0.2) is 66.7 Å². The van der Waals surface area contributed by atoms with Crippen LogP contribution in [0, 0.1) is 5.92 Å². The predicted molar refractivity (Wildman–Crippen MR) is 209 cm³/mol. The van der Waals surface area contributed by atoms with Gasteiger partial charge in [-0.1, -0.05) is 37.3 Å². The number of hydrogen-bond donors (Lipinski definition) is 3. The van der Waals surface area contributed by atoms with Crippen molar-refractivity contribution in [2.24, 2.45) is 5.92 Å². The van der Waals surface area contributed by atoms with Crippen molar-refractivity contribution in [3.63, 3.8) is 0 Å². The fraction of sp³-hybridized carbons (Fsp3) is 0.429. The number of Topliss-reactive ketones (excluding diaryl/α,β-unsaturated/α-hetero) is 1. The molecule has 0 aromatic heterocycles. The topological polar surface area (TPSA) is 173 Å². The highest BCUT2D eigenvalue weighted by Gasteiger charge is 2.34. The van der Waals surface area contributed by atoms with Crippen LogP contribution in [0.3, 0.4) is 0 Å². The first-order valence-electron chi connectivity index (χ1n) is 18.5. The van der Waals surface area contributed by atoms with E-state index >= 15 is 0 Å². The summed E-state index contributed by atoms with van der Waals surface area (Å²) in [6, 6.07) is 14.4. The molecule has 0 saturated heterocycles. The molecule has 2 aliphatic rings. The van der Waals surface area contributed by atoms with Crippen LogP contribution in [-0.2, 0) is 48.0 Å². The summed E-state index contributed by atoms with van der Waals surface area (Å²) in [6.45, 7) is 7.68. The summed E-state index contributed by atoms with van der Waals surface area (Å²) in [6.07, 6.45) is 0.607. The Hall–Kier alpha value is -5.92. The number of carbonyl (C=O) groups is 6. The van der Waals surface area contributed by atoms with Gasteiger partial charge in [-0.2, -0.15) is 0 Å². The number of methoxy groups -OCH3 is 2. The Balaban J connectivity index is 1.68. The van der Waals surface area contributed by atoms with Gasteiger partial charge in [-0.05, 0) is 93.6 Å². The molecule has 0 fully saturated rings. The van der Waals surface area contributed by atoms with E-state index in [0.717, 1.165) is 11.1 Å². The number of ether oxygens (including phenoxy) is 3. The molecule has 5 amide bonds. The molecule has 0 aliphatic carbocycles. The number of ketones is 1. The standard InChI is InChI=1S/C42H53N5O9/c1-24-20-31-14-19-36(55-9)37(23-31)56-33-17-12-29(13-18-33)21-34(28(5)48)46(6)41(52)27(4)45-40(51)35(22-30-10-15-32(54-8)16-11-30)47(7)42(53)26(3)44-39(50)25(2)43-38(24)49/h10-19,23-27,34-35H,20-22H2,1-9H3,(H,43,49)(H,44,50)(H,45,51)/t24-,25+,26-,27-,34-,35-/m0/s1. The normalized spacial score (nSPS) is 23.4. The molecule has 0 radical (unpaired) electrons. The maximum atomic E-state index is 14.0. The molecule has 4 bridgehead atoms. The Morgan fingerprint density at radius 2 is 1.27 bits per heavy atom. The van der Waals surface area contributed by atoms with Gasteiger partial charge in [0.05, 0.1) is 20.3 Å². The lowest BCUT2D eigenvalue weighted by atomic mass is 9.99. The molecule has 14 nitrogen and oxygen atoms in total. The highest BCUT2D eigenvalue weighted by atomic mass is 16.5. The zero-order valence-electron chi connectivity index (χ0n) is 33.5. The first-order chi connectivity index (χ1) is 26.5. The van der Waals surface area contributed by atoms with Crippen LogP contribution in [0.5, 0.6) is 23.0 Å². The summed E-state index contributed by atoms with van der Waals surface area (Å²) in [5.41, 5.74) is 2.27. The van der Waals surface area contributed by atoms with Crippen molar-refractivity contribution in [2.75, 3.05) is 28.3 Å². The highest BCUT2D eigenvalue weighted by molar-refractivity contribution is 5.96. The minimum atomic E-state index is -1.10. The summed E-state index contributed by atoms with van der Waals surface area (Å²) in [5.74, 6) is -1.42. The van der Waals surface area contributed by atoms with Gasteiger partial charge in [-0.3, -0.25) is 28.8 Å². The van der Waals surface area contributed by atoms with Crippen molar-refractivity contribution >= 4 is 35.3 Å². The van der Waals surface area contributed by atoms with Gasteiger partial charge in [0, 0.05) is 26.4 Å². The molecule has 14 heteroatoms. The minimum absolute atomic E-state index is 0.0747. The van der Waals surface area contributed by atoms with Gasteiger partial charge in [-0.15, -0.1) is 0 Å². The van der Waals surface area contributed by atoms with E-state index in [-0.39, 0.29) is 24.5 Å². The van der Waals surface area contributed by atoms with Gasteiger partial charge in [0.15, 0.2) is 17.3 Å². The smallest absolute Gasteiger partial charge is 0.245 e. The van der Waals surface area contributed by atoms with Gasteiger partial charge in [0.25, 0.3) is 0 Å². The minimum Gasteiger partial charge on any atom is -0.497 e. The van der Waals surface area contributed by atoms with E-state index in [1.54, 1.807) is 67.6 Å². The second-order valence-electron chi connectivity index (χ2n) is 14.3. The van der Waals surface area contributed by atoms with Crippen LogP contribution in [-0.4, -0.2) is 104 Å². The fourth-order valence-corrected chi connectivity index (χ4v) is 6.47. The number of hydrogen-bond acceptors (Lipinski definition) is 9. The van der Waals surface area contributed by atoms with Gasteiger partial charge >= 0.3 is 0 Å². The van der Waals surface area contributed by atoms with Crippen molar-refractivity contribution < 1.29 is 43.0 Å². The molecule has 300 valence electrons. The first-order valence-corrected chi connectivity index (χ1v) is 18.5. The zero-order valence-corrected chi connectivity index (χ0v) is 33.5. The molecule has 6 atom stereocenters. The van der Waals surface area contributed by atoms with Crippen LogP contribution in [0.1, 0.15) is 51.3 Å². The molecular formula is C42H53N5O9. The number of fused-ring (bicyclic) bond motifs is 19. The monoisotopic (exact) mass is 771 g/mol. The molecule has 0 unspecified atom stereocenters. The lowest BCUT2D eigenvalue weighted by Gasteiger charge is -2.32. The molecule has 3 aromatic carbocycles. The first kappa shape index (κ1) is 42.8. The lowest BCUT2D eigenvalue weighted by molar-refractivity contribution is -0.144. The Morgan fingerprint density at radius 3 is 1.86 bits per heavy atom. The molecule has 3 N–H and O–H groups in total. The quantitative estimate of drug-likeness (QED) is 0.330. The van der Waals surface area contributed by atoms with Crippen molar-refractivity contribution in [3.8, 4) is 23.0 Å². The summed E-state index contributed by atoms with van der Waals surface area (Å²) >= 11 is 0. The lowest BCUT2D eigenvalue weighted by Crippen LogP contribution is -2.58.